The van der Waals surface area contributed by atoms with Crippen molar-refractivity contribution in [3.63, 3.8) is 0 Å². The number of ether oxygens (including phenoxy) is 2. The molecule has 4 aliphatic carbocycles. The summed E-state index contributed by atoms with van der Waals surface area (Å²) in [6, 6.07) is 7.10. The first-order chi connectivity index (χ1) is 16.6. The van der Waals surface area contributed by atoms with Crippen LogP contribution in [-0.4, -0.2) is 46.7 Å². The molecular weight excluding hydrogens is 444 g/mol. The summed E-state index contributed by atoms with van der Waals surface area (Å²) >= 11 is 0. The molecule has 3 fully saturated rings. The smallest absolute Gasteiger partial charge is 0.202 e. The van der Waals surface area contributed by atoms with E-state index < -0.39 is 17.1 Å². The Morgan fingerprint density at radius 2 is 1.80 bits per heavy atom. The molecule has 0 bridgehead atoms. The van der Waals surface area contributed by atoms with Gasteiger partial charge in [0, 0.05) is 16.7 Å². The molecular formula is C29H36O6. The Hall–Kier alpha value is -2.44. The fraction of sp³-hybridized carbons (Fsp3) is 0.586. The first-order valence-electron chi connectivity index (χ1n) is 12.9. The quantitative estimate of drug-likeness (QED) is 0.638. The van der Waals surface area contributed by atoms with Crippen molar-refractivity contribution in [2.75, 3.05) is 13.2 Å². The zero-order chi connectivity index (χ0) is 25.0. The van der Waals surface area contributed by atoms with Gasteiger partial charge in [0.15, 0.2) is 5.78 Å². The number of allylic oxidation sites excluding steroid dienone is 4. The molecule has 0 aromatic heterocycles. The van der Waals surface area contributed by atoms with E-state index >= 15 is 0 Å². The van der Waals surface area contributed by atoms with E-state index in [9.17, 15) is 19.8 Å². The molecule has 4 aliphatic rings. The van der Waals surface area contributed by atoms with Gasteiger partial charge in [0.25, 0.3) is 0 Å². The molecule has 2 N–H and O–H groups in total. The van der Waals surface area contributed by atoms with Crippen LogP contribution in [-0.2, 0) is 9.59 Å². The Morgan fingerprint density at radius 1 is 1.11 bits per heavy atom. The maximum atomic E-state index is 13.4. The second-order valence-electron chi connectivity index (χ2n) is 11.2. The Kier molecular flexibility index (Phi) is 5.96. The van der Waals surface area contributed by atoms with E-state index in [2.05, 4.69) is 6.92 Å². The summed E-state index contributed by atoms with van der Waals surface area (Å²) in [4.78, 5) is 25.4. The Labute approximate surface area is 207 Å². The topological polar surface area (TPSA) is 93.1 Å². The monoisotopic (exact) mass is 480 g/mol. The van der Waals surface area contributed by atoms with Gasteiger partial charge >= 0.3 is 0 Å². The Balaban J connectivity index is 1.35. The number of hydrogen-bond acceptors (Lipinski definition) is 6. The number of rotatable bonds is 6. The van der Waals surface area contributed by atoms with E-state index in [-0.39, 0.29) is 41.3 Å². The van der Waals surface area contributed by atoms with Crippen LogP contribution in [0.1, 0.15) is 52.9 Å². The SMILES string of the molecule is CCOc1ccc(OCC(=O)[C@@]2(O)CCC3C4CCC5=CC(=O)C=CC5(C)[C@H]4[C@@H](O)CC32C)cc1. The van der Waals surface area contributed by atoms with Crippen molar-refractivity contribution in [1.29, 1.82) is 0 Å². The third kappa shape index (κ3) is 3.68. The largest absolute Gasteiger partial charge is 0.494 e. The minimum Gasteiger partial charge on any atom is -0.494 e. The lowest BCUT2D eigenvalue weighted by molar-refractivity contribution is -0.178. The highest BCUT2D eigenvalue weighted by atomic mass is 16.5. The molecule has 0 saturated heterocycles. The molecule has 3 saturated carbocycles. The molecule has 0 radical (unpaired) electrons. The second-order valence-corrected chi connectivity index (χ2v) is 11.2. The predicted molar refractivity (Wildman–Crippen MR) is 131 cm³/mol. The van der Waals surface area contributed by atoms with Crippen LogP contribution < -0.4 is 9.47 Å². The van der Waals surface area contributed by atoms with Crippen LogP contribution in [0.5, 0.6) is 11.5 Å². The second kappa shape index (κ2) is 8.59. The number of ketones is 2. The molecule has 0 amide bonds. The van der Waals surface area contributed by atoms with Gasteiger partial charge in [0.05, 0.1) is 12.7 Å². The van der Waals surface area contributed by atoms with Crippen LogP contribution in [0.25, 0.3) is 0 Å². The number of fused-ring (bicyclic) bond motifs is 5. The number of carbonyl (C=O) groups excluding carboxylic acids is 2. The Morgan fingerprint density at radius 3 is 2.49 bits per heavy atom. The summed E-state index contributed by atoms with van der Waals surface area (Å²) in [5.41, 5.74) is -1.52. The van der Waals surface area contributed by atoms with Crippen molar-refractivity contribution in [2.24, 2.45) is 28.6 Å². The predicted octanol–water partition coefficient (Wildman–Crippen LogP) is 4.04. The van der Waals surface area contributed by atoms with Gasteiger partial charge < -0.3 is 19.7 Å². The first-order valence-corrected chi connectivity index (χ1v) is 12.9. The van der Waals surface area contributed by atoms with Crippen molar-refractivity contribution in [3.8, 4) is 11.5 Å². The van der Waals surface area contributed by atoms with Gasteiger partial charge in [-0.25, -0.2) is 0 Å². The van der Waals surface area contributed by atoms with Crippen LogP contribution in [0.3, 0.4) is 0 Å². The third-order valence-corrected chi connectivity index (χ3v) is 9.61. The van der Waals surface area contributed by atoms with E-state index in [1.165, 1.54) is 0 Å². The van der Waals surface area contributed by atoms with Crippen molar-refractivity contribution < 1.29 is 29.3 Å². The third-order valence-electron chi connectivity index (χ3n) is 9.61. The molecule has 35 heavy (non-hydrogen) atoms. The van der Waals surface area contributed by atoms with Crippen LogP contribution in [0.15, 0.2) is 48.1 Å². The number of aliphatic hydroxyl groups is 2. The van der Waals surface area contributed by atoms with Gasteiger partial charge in [0.2, 0.25) is 5.78 Å². The zero-order valence-electron chi connectivity index (χ0n) is 20.8. The van der Waals surface area contributed by atoms with Crippen molar-refractivity contribution in [2.45, 2.75) is 64.6 Å². The summed E-state index contributed by atoms with van der Waals surface area (Å²) in [6.45, 7) is 6.38. The fourth-order valence-corrected chi connectivity index (χ4v) is 7.86. The highest BCUT2D eigenvalue weighted by Gasteiger charge is 2.68. The van der Waals surface area contributed by atoms with E-state index in [1.807, 2.05) is 19.9 Å². The van der Waals surface area contributed by atoms with Gasteiger partial charge in [-0.05, 0) is 87.3 Å². The summed E-state index contributed by atoms with van der Waals surface area (Å²) in [6.07, 6.45) is 7.81. The van der Waals surface area contributed by atoms with Crippen molar-refractivity contribution in [1.82, 2.24) is 0 Å². The zero-order valence-corrected chi connectivity index (χ0v) is 20.8. The summed E-state index contributed by atoms with van der Waals surface area (Å²) in [5, 5.41) is 23.3. The highest BCUT2D eigenvalue weighted by molar-refractivity contribution is 6.01. The normalized spacial score (nSPS) is 39.8. The molecule has 5 rings (SSSR count). The van der Waals surface area contributed by atoms with Crippen molar-refractivity contribution >= 4 is 11.6 Å². The van der Waals surface area contributed by atoms with Crippen LogP contribution in [0.2, 0.25) is 0 Å². The number of hydrogen-bond donors (Lipinski definition) is 2. The molecule has 0 heterocycles. The maximum Gasteiger partial charge on any atom is 0.202 e. The summed E-state index contributed by atoms with van der Waals surface area (Å²) in [5.74, 6) is 1.25. The average molecular weight is 481 g/mol. The molecule has 7 atom stereocenters. The maximum absolute atomic E-state index is 13.4. The molecule has 1 aromatic rings. The Bertz CT molecular complexity index is 1070. The highest BCUT2D eigenvalue weighted by Crippen LogP contribution is 2.67. The van der Waals surface area contributed by atoms with Crippen molar-refractivity contribution in [3.05, 3.63) is 48.1 Å². The molecule has 6 heteroatoms. The lowest BCUT2D eigenvalue weighted by Gasteiger charge is -2.59. The first kappa shape index (κ1) is 24.3. The average Bonchev–Trinajstić information content (AvgIpc) is 3.10. The molecule has 188 valence electrons. The van der Waals surface area contributed by atoms with Crippen LogP contribution in [0.4, 0.5) is 0 Å². The van der Waals surface area contributed by atoms with E-state index in [0.29, 0.717) is 25.2 Å². The molecule has 1 aromatic carbocycles. The molecule has 6 nitrogen and oxygen atoms in total. The van der Waals surface area contributed by atoms with Gasteiger partial charge in [-0.3, -0.25) is 9.59 Å². The van der Waals surface area contributed by atoms with Crippen LogP contribution >= 0.6 is 0 Å². The number of aliphatic hydroxyl groups excluding tert-OH is 1. The lowest BCUT2D eigenvalue weighted by atomic mass is 9.46. The minimum absolute atomic E-state index is 0.0134. The summed E-state index contributed by atoms with van der Waals surface area (Å²) < 4.78 is 11.2. The minimum atomic E-state index is -1.54. The number of carbonyl (C=O) groups is 2. The van der Waals surface area contributed by atoms with E-state index in [0.717, 1.165) is 30.6 Å². The molecule has 0 spiro atoms. The lowest BCUT2D eigenvalue weighted by Crippen LogP contribution is -2.61. The van der Waals surface area contributed by atoms with Gasteiger partial charge in [-0.15, -0.1) is 0 Å². The fourth-order valence-electron chi connectivity index (χ4n) is 7.86. The van der Waals surface area contributed by atoms with Crippen LogP contribution in [0, 0.1) is 28.6 Å². The van der Waals surface area contributed by atoms with Gasteiger partial charge in [0.1, 0.15) is 23.7 Å². The number of benzene rings is 1. The summed E-state index contributed by atoms with van der Waals surface area (Å²) in [7, 11) is 0. The van der Waals surface area contributed by atoms with Gasteiger partial charge in [-0.2, -0.15) is 0 Å². The molecule has 0 aliphatic heterocycles. The van der Waals surface area contributed by atoms with Gasteiger partial charge in [-0.1, -0.05) is 25.5 Å². The van der Waals surface area contributed by atoms with E-state index in [1.54, 1.807) is 36.4 Å². The van der Waals surface area contributed by atoms with E-state index in [4.69, 9.17) is 9.47 Å². The molecule has 4 unspecified atom stereocenters. The number of Topliss-reactive ketones (excluding diaryl/α,β-unsaturated/α-hetero) is 1. The standard InChI is InChI=1S/C29H36O6/c1-4-34-20-6-8-21(9-7-20)35-17-25(32)29(33)14-12-23-22-10-5-18-15-19(30)11-13-27(18,2)26(22)24(31)16-28(23,29)3/h6-9,11,13,15,22-24,26,31,33H,4-5,10,12,14,16-17H2,1-3H3/t22?,23?,24-,26+,27?,28?,29-/m0/s1.